The van der Waals surface area contributed by atoms with Crippen LogP contribution in [0.2, 0.25) is 5.02 Å². The molecule has 1 saturated carbocycles. The van der Waals surface area contributed by atoms with Gasteiger partial charge in [0.1, 0.15) is 16.4 Å². The SMILES string of the molecule is COc1ccc(CCC2(C3CCCC3)CC(=O)C(Sc3nnc(C)s3)C(=O)O2)cc1Cl. The highest BCUT2D eigenvalue weighted by Gasteiger charge is 2.52. The number of ketones is 1. The van der Waals surface area contributed by atoms with Gasteiger partial charge in [0.15, 0.2) is 15.4 Å². The number of ether oxygens (including phenoxy) is 2. The topological polar surface area (TPSA) is 78.4 Å². The van der Waals surface area contributed by atoms with E-state index in [9.17, 15) is 9.59 Å². The van der Waals surface area contributed by atoms with E-state index < -0.39 is 16.8 Å². The zero-order valence-electron chi connectivity index (χ0n) is 17.6. The number of rotatable bonds is 7. The fourth-order valence-electron chi connectivity index (χ4n) is 4.59. The monoisotopic (exact) mass is 480 g/mol. The zero-order chi connectivity index (χ0) is 22.0. The van der Waals surface area contributed by atoms with Crippen LogP contribution in [0, 0.1) is 12.8 Å². The molecule has 0 N–H and O–H groups in total. The highest BCUT2D eigenvalue weighted by Crippen LogP contribution is 2.46. The van der Waals surface area contributed by atoms with E-state index >= 15 is 0 Å². The second-order valence-corrected chi connectivity index (χ2v) is 11.1. The van der Waals surface area contributed by atoms with Gasteiger partial charge in [0.2, 0.25) is 0 Å². The Hall–Kier alpha value is -1.64. The van der Waals surface area contributed by atoms with Crippen LogP contribution in [0.5, 0.6) is 5.75 Å². The van der Waals surface area contributed by atoms with E-state index in [1.54, 1.807) is 7.11 Å². The van der Waals surface area contributed by atoms with Crippen molar-refractivity contribution < 1.29 is 19.1 Å². The fourth-order valence-corrected chi connectivity index (χ4v) is 6.78. The summed E-state index contributed by atoms with van der Waals surface area (Å²) in [7, 11) is 1.58. The first-order valence-electron chi connectivity index (χ1n) is 10.4. The molecule has 4 rings (SSSR count). The Morgan fingerprint density at radius 2 is 2.06 bits per heavy atom. The summed E-state index contributed by atoms with van der Waals surface area (Å²) in [6, 6.07) is 5.69. The molecule has 0 spiro atoms. The Morgan fingerprint density at radius 3 is 2.68 bits per heavy atom. The van der Waals surface area contributed by atoms with Crippen molar-refractivity contribution in [2.45, 2.75) is 67.1 Å². The number of halogens is 1. The summed E-state index contributed by atoms with van der Waals surface area (Å²) in [5.41, 5.74) is 0.290. The third-order valence-corrected chi connectivity index (χ3v) is 8.60. The maximum atomic E-state index is 13.1. The number of aryl methyl sites for hydroxylation is 2. The van der Waals surface area contributed by atoms with Crippen LogP contribution < -0.4 is 4.74 Å². The van der Waals surface area contributed by atoms with Crippen LogP contribution in [0.3, 0.4) is 0 Å². The van der Waals surface area contributed by atoms with Crippen LogP contribution in [-0.4, -0.2) is 39.9 Å². The molecule has 1 aliphatic heterocycles. The summed E-state index contributed by atoms with van der Waals surface area (Å²) < 4.78 is 12.0. The molecular formula is C22H25ClN2O4S2. The van der Waals surface area contributed by atoms with Crippen molar-refractivity contribution in [1.29, 1.82) is 0 Å². The molecule has 0 radical (unpaired) electrons. The van der Waals surface area contributed by atoms with Gasteiger partial charge in [-0.3, -0.25) is 9.59 Å². The van der Waals surface area contributed by atoms with E-state index in [0.29, 0.717) is 28.0 Å². The molecule has 1 aromatic carbocycles. The lowest BCUT2D eigenvalue weighted by Gasteiger charge is -2.42. The van der Waals surface area contributed by atoms with Gasteiger partial charge in [-0.25, -0.2) is 0 Å². The van der Waals surface area contributed by atoms with Gasteiger partial charge in [0.05, 0.1) is 12.1 Å². The van der Waals surface area contributed by atoms with E-state index in [1.807, 2.05) is 25.1 Å². The largest absolute Gasteiger partial charge is 0.495 e. The fraction of sp³-hybridized carbons (Fsp3) is 0.545. The number of nitrogens with zero attached hydrogens (tertiary/aromatic N) is 2. The molecule has 166 valence electrons. The predicted molar refractivity (Wildman–Crippen MR) is 121 cm³/mol. The molecule has 2 aliphatic rings. The number of hydrogen-bond acceptors (Lipinski definition) is 8. The summed E-state index contributed by atoms with van der Waals surface area (Å²) in [6.45, 7) is 1.85. The maximum Gasteiger partial charge on any atom is 0.327 e. The lowest BCUT2D eigenvalue weighted by molar-refractivity contribution is -0.177. The summed E-state index contributed by atoms with van der Waals surface area (Å²) in [5.74, 6) is 0.313. The first-order valence-corrected chi connectivity index (χ1v) is 12.5. The number of aromatic nitrogens is 2. The number of cyclic esters (lactones) is 1. The first kappa shape index (κ1) is 22.6. The lowest BCUT2D eigenvalue weighted by Crippen LogP contribution is -2.53. The van der Waals surface area contributed by atoms with E-state index in [4.69, 9.17) is 21.1 Å². The summed E-state index contributed by atoms with van der Waals surface area (Å²) in [6.07, 6.45) is 5.71. The quantitative estimate of drug-likeness (QED) is 0.405. The third-order valence-electron chi connectivity index (χ3n) is 6.16. The second-order valence-electron chi connectivity index (χ2n) is 8.16. The van der Waals surface area contributed by atoms with Crippen molar-refractivity contribution in [3.63, 3.8) is 0 Å². The molecule has 9 heteroatoms. The number of carbonyl (C=O) groups is 2. The van der Waals surface area contributed by atoms with Crippen molar-refractivity contribution in [2.75, 3.05) is 7.11 Å². The number of benzene rings is 1. The highest BCUT2D eigenvalue weighted by molar-refractivity contribution is 8.03. The van der Waals surface area contributed by atoms with Gasteiger partial charge < -0.3 is 9.47 Å². The Labute approximate surface area is 195 Å². The van der Waals surface area contributed by atoms with Gasteiger partial charge in [0, 0.05) is 6.42 Å². The molecule has 2 unspecified atom stereocenters. The number of Topliss-reactive ketones (excluding diaryl/α,β-unsaturated/α-hetero) is 1. The van der Waals surface area contributed by atoms with Crippen molar-refractivity contribution in [2.24, 2.45) is 5.92 Å². The van der Waals surface area contributed by atoms with Crippen LogP contribution in [0.25, 0.3) is 0 Å². The highest BCUT2D eigenvalue weighted by atomic mass is 35.5. The second kappa shape index (κ2) is 9.46. The van der Waals surface area contributed by atoms with Crippen molar-refractivity contribution in [3.8, 4) is 5.75 Å². The van der Waals surface area contributed by atoms with E-state index in [2.05, 4.69) is 10.2 Å². The van der Waals surface area contributed by atoms with Crippen LogP contribution in [0.1, 0.15) is 49.1 Å². The minimum absolute atomic E-state index is 0.0752. The molecule has 2 fully saturated rings. The normalized spacial score (nSPS) is 24.4. The molecule has 0 amide bonds. The first-order chi connectivity index (χ1) is 14.9. The van der Waals surface area contributed by atoms with Crippen molar-refractivity contribution in [1.82, 2.24) is 10.2 Å². The van der Waals surface area contributed by atoms with E-state index in [-0.39, 0.29) is 18.1 Å². The molecule has 1 aliphatic carbocycles. The van der Waals surface area contributed by atoms with E-state index in [1.165, 1.54) is 11.3 Å². The molecule has 6 nitrogen and oxygen atoms in total. The number of thioether (sulfide) groups is 1. The number of esters is 1. The van der Waals surface area contributed by atoms with Gasteiger partial charge in [-0.15, -0.1) is 10.2 Å². The van der Waals surface area contributed by atoms with Crippen molar-refractivity contribution in [3.05, 3.63) is 33.8 Å². The molecule has 0 bridgehead atoms. The Kier molecular flexibility index (Phi) is 6.89. The molecule has 31 heavy (non-hydrogen) atoms. The van der Waals surface area contributed by atoms with Crippen LogP contribution in [-0.2, 0) is 20.7 Å². The molecule has 1 saturated heterocycles. The number of methoxy groups -OCH3 is 1. The molecule has 1 aromatic heterocycles. The minimum Gasteiger partial charge on any atom is -0.495 e. The van der Waals surface area contributed by atoms with Crippen LogP contribution in [0.4, 0.5) is 0 Å². The summed E-state index contributed by atoms with van der Waals surface area (Å²) >= 11 is 8.82. The Morgan fingerprint density at radius 1 is 1.29 bits per heavy atom. The molecule has 2 heterocycles. The van der Waals surface area contributed by atoms with Gasteiger partial charge >= 0.3 is 5.97 Å². The average molecular weight is 481 g/mol. The minimum atomic E-state index is -0.864. The number of carbonyl (C=O) groups excluding carboxylic acids is 2. The molecular weight excluding hydrogens is 456 g/mol. The van der Waals surface area contributed by atoms with E-state index in [0.717, 1.165) is 48.0 Å². The molecule has 2 atom stereocenters. The zero-order valence-corrected chi connectivity index (χ0v) is 19.9. The predicted octanol–water partition coefficient (Wildman–Crippen LogP) is 5.05. The van der Waals surface area contributed by atoms with Crippen LogP contribution >= 0.6 is 34.7 Å². The lowest BCUT2D eigenvalue weighted by atomic mass is 9.76. The Bertz CT molecular complexity index is 956. The third kappa shape index (κ3) is 4.91. The van der Waals surface area contributed by atoms with Gasteiger partial charge in [-0.1, -0.05) is 53.6 Å². The van der Waals surface area contributed by atoms with Crippen LogP contribution in [0.15, 0.2) is 22.5 Å². The summed E-state index contributed by atoms with van der Waals surface area (Å²) in [4.78, 5) is 26.1. The standard InChI is InChI=1S/C22H25ClN2O4S2/c1-13-24-25-21(30-13)31-19-17(26)12-22(29-20(19)27,15-5-3-4-6-15)10-9-14-7-8-18(28-2)16(23)11-14/h7-8,11,15,19H,3-6,9-10,12H2,1-2H3. The smallest absolute Gasteiger partial charge is 0.327 e. The van der Waals surface area contributed by atoms with Gasteiger partial charge in [-0.05, 0) is 56.2 Å². The van der Waals surface area contributed by atoms with Crippen molar-refractivity contribution >= 4 is 46.5 Å². The van der Waals surface area contributed by atoms with Gasteiger partial charge in [-0.2, -0.15) is 0 Å². The Balaban J connectivity index is 1.52. The summed E-state index contributed by atoms with van der Waals surface area (Å²) in [5, 5.41) is 8.50. The molecule has 2 aromatic rings. The number of hydrogen-bond donors (Lipinski definition) is 0. The maximum absolute atomic E-state index is 13.1. The average Bonchev–Trinajstić information content (AvgIpc) is 3.42. The van der Waals surface area contributed by atoms with Gasteiger partial charge in [0.25, 0.3) is 0 Å².